The lowest BCUT2D eigenvalue weighted by Gasteiger charge is -2.18. The number of nitrogens with one attached hydrogen (secondary N) is 1. The van der Waals surface area contributed by atoms with Crippen LogP contribution in [-0.4, -0.2) is 19.1 Å². The first-order valence-corrected chi connectivity index (χ1v) is 6.95. The van der Waals surface area contributed by atoms with E-state index in [9.17, 15) is 4.79 Å². The van der Waals surface area contributed by atoms with E-state index in [1.54, 1.807) is 36.4 Å². The van der Waals surface area contributed by atoms with Crippen molar-refractivity contribution in [3.8, 4) is 11.5 Å². The molecule has 1 aliphatic heterocycles. The lowest BCUT2D eigenvalue weighted by Crippen LogP contribution is -2.16. The molecular weight excluding hydrogens is 280 g/mol. The summed E-state index contributed by atoms with van der Waals surface area (Å²) in [5.41, 5.74) is 7.89. The molecule has 0 radical (unpaired) electrons. The molecule has 5 heteroatoms. The molecule has 0 saturated carbocycles. The summed E-state index contributed by atoms with van der Waals surface area (Å²) in [4.78, 5) is 11.9. The fourth-order valence-corrected chi connectivity index (χ4v) is 2.14. The number of nitrogen functional groups attached to an aromatic ring is 1. The van der Waals surface area contributed by atoms with Gasteiger partial charge in [0.25, 0.3) is 0 Å². The molecule has 0 fully saturated rings. The molecule has 0 aliphatic carbocycles. The summed E-state index contributed by atoms with van der Waals surface area (Å²) in [6.45, 7) is 1.06. The van der Waals surface area contributed by atoms with Crippen molar-refractivity contribution < 1.29 is 14.3 Å². The minimum absolute atomic E-state index is 0.223. The quantitative estimate of drug-likeness (QED) is 0.674. The fraction of sp³-hybridized carbons (Fsp3) is 0.118. The minimum atomic E-state index is -0.223. The largest absolute Gasteiger partial charge is 0.486 e. The third-order valence-electron chi connectivity index (χ3n) is 3.15. The van der Waals surface area contributed by atoms with E-state index >= 15 is 0 Å². The van der Waals surface area contributed by atoms with Gasteiger partial charge in [-0.2, -0.15) is 0 Å². The Kier molecular flexibility index (Phi) is 3.96. The molecule has 0 spiro atoms. The molecule has 1 amide bonds. The number of carbonyl (C=O) groups excluding carboxylic acids is 1. The van der Waals surface area contributed by atoms with Crippen molar-refractivity contribution in [3.63, 3.8) is 0 Å². The second-order valence-electron chi connectivity index (χ2n) is 4.85. The van der Waals surface area contributed by atoms with Crippen LogP contribution in [-0.2, 0) is 4.79 Å². The smallest absolute Gasteiger partial charge is 0.248 e. The number of hydrogen-bond acceptors (Lipinski definition) is 4. The Bertz CT molecular complexity index is 726. The summed E-state index contributed by atoms with van der Waals surface area (Å²) in [5, 5.41) is 2.78. The zero-order valence-corrected chi connectivity index (χ0v) is 11.9. The third kappa shape index (κ3) is 3.38. The van der Waals surface area contributed by atoms with Crippen LogP contribution >= 0.6 is 0 Å². The van der Waals surface area contributed by atoms with E-state index in [-0.39, 0.29) is 5.91 Å². The Labute approximate surface area is 128 Å². The van der Waals surface area contributed by atoms with Crippen molar-refractivity contribution in [3.05, 3.63) is 54.1 Å². The highest BCUT2D eigenvalue weighted by molar-refractivity contribution is 6.02. The van der Waals surface area contributed by atoms with Crippen LogP contribution in [0.5, 0.6) is 11.5 Å². The second kappa shape index (κ2) is 6.22. The molecule has 112 valence electrons. The van der Waals surface area contributed by atoms with Gasteiger partial charge in [0.2, 0.25) is 5.91 Å². The Hall–Kier alpha value is -2.95. The number of hydrogen-bond donors (Lipinski definition) is 2. The van der Waals surface area contributed by atoms with Gasteiger partial charge in [-0.3, -0.25) is 4.79 Å². The normalized spacial score (nSPS) is 13.1. The van der Waals surface area contributed by atoms with Crippen LogP contribution in [0.4, 0.5) is 11.4 Å². The first kappa shape index (κ1) is 14.0. The van der Waals surface area contributed by atoms with E-state index in [0.717, 1.165) is 5.56 Å². The SMILES string of the molecule is Nc1cccc(/C=C/C(=O)Nc2ccc3c(c2)OCCO3)c1. The van der Waals surface area contributed by atoms with E-state index in [2.05, 4.69) is 5.32 Å². The van der Waals surface area contributed by atoms with Crippen LogP contribution in [0.1, 0.15) is 5.56 Å². The number of nitrogens with two attached hydrogens (primary N) is 1. The molecule has 5 nitrogen and oxygen atoms in total. The maximum atomic E-state index is 11.9. The van der Waals surface area contributed by atoms with Gasteiger partial charge in [-0.25, -0.2) is 0 Å². The standard InChI is InChI=1S/C17H16N2O3/c18-13-3-1-2-12(10-13)4-7-17(20)19-14-5-6-15-16(11-14)22-9-8-21-15/h1-7,10-11H,8-9,18H2,(H,19,20)/b7-4+. The molecule has 3 rings (SSSR count). The van der Waals surface area contributed by atoms with Gasteiger partial charge in [0.15, 0.2) is 11.5 Å². The van der Waals surface area contributed by atoms with Gasteiger partial charge in [-0.1, -0.05) is 12.1 Å². The Morgan fingerprint density at radius 2 is 1.91 bits per heavy atom. The predicted octanol–water partition coefficient (Wildman–Crippen LogP) is 2.69. The lowest BCUT2D eigenvalue weighted by molar-refractivity contribution is -0.111. The van der Waals surface area contributed by atoms with Crippen molar-refractivity contribution >= 4 is 23.4 Å². The number of benzene rings is 2. The van der Waals surface area contributed by atoms with E-state index in [0.29, 0.717) is 36.1 Å². The zero-order chi connectivity index (χ0) is 15.4. The van der Waals surface area contributed by atoms with Crippen LogP contribution in [0.15, 0.2) is 48.5 Å². The van der Waals surface area contributed by atoms with Gasteiger partial charge >= 0.3 is 0 Å². The Balaban J connectivity index is 1.66. The summed E-state index contributed by atoms with van der Waals surface area (Å²) in [7, 11) is 0. The minimum Gasteiger partial charge on any atom is -0.486 e. The van der Waals surface area contributed by atoms with Crippen molar-refractivity contribution in [2.24, 2.45) is 0 Å². The lowest BCUT2D eigenvalue weighted by atomic mass is 10.2. The molecule has 0 bridgehead atoms. The zero-order valence-electron chi connectivity index (χ0n) is 11.9. The van der Waals surface area contributed by atoms with E-state index in [1.165, 1.54) is 6.08 Å². The highest BCUT2D eigenvalue weighted by Crippen LogP contribution is 2.32. The molecule has 1 aliphatic rings. The molecule has 0 atom stereocenters. The molecule has 2 aromatic carbocycles. The summed E-state index contributed by atoms with van der Waals surface area (Å²) in [5.74, 6) is 1.11. The number of amides is 1. The second-order valence-corrected chi connectivity index (χ2v) is 4.85. The Morgan fingerprint density at radius 1 is 1.09 bits per heavy atom. The topological polar surface area (TPSA) is 73.6 Å². The summed E-state index contributed by atoms with van der Waals surface area (Å²) in [6.07, 6.45) is 3.18. The maximum Gasteiger partial charge on any atom is 0.248 e. The van der Waals surface area contributed by atoms with Crippen molar-refractivity contribution in [1.29, 1.82) is 0 Å². The van der Waals surface area contributed by atoms with Crippen LogP contribution in [0.2, 0.25) is 0 Å². The van der Waals surface area contributed by atoms with Crippen molar-refractivity contribution in [1.82, 2.24) is 0 Å². The van der Waals surface area contributed by atoms with Gasteiger partial charge in [-0.05, 0) is 35.9 Å². The molecule has 0 saturated heterocycles. The van der Waals surface area contributed by atoms with E-state index < -0.39 is 0 Å². The average molecular weight is 296 g/mol. The molecule has 22 heavy (non-hydrogen) atoms. The number of fused-ring (bicyclic) bond motifs is 1. The van der Waals surface area contributed by atoms with Crippen LogP contribution in [0, 0.1) is 0 Å². The van der Waals surface area contributed by atoms with E-state index in [1.807, 2.05) is 12.1 Å². The van der Waals surface area contributed by atoms with Gasteiger partial charge in [-0.15, -0.1) is 0 Å². The van der Waals surface area contributed by atoms with Crippen LogP contribution in [0.25, 0.3) is 6.08 Å². The Morgan fingerprint density at radius 3 is 2.73 bits per heavy atom. The maximum absolute atomic E-state index is 11.9. The van der Waals surface area contributed by atoms with Gasteiger partial charge in [0.1, 0.15) is 13.2 Å². The average Bonchev–Trinajstić information content (AvgIpc) is 2.53. The molecule has 1 heterocycles. The monoisotopic (exact) mass is 296 g/mol. The summed E-state index contributed by atoms with van der Waals surface area (Å²) < 4.78 is 10.9. The van der Waals surface area contributed by atoms with Gasteiger partial charge in [0, 0.05) is 23.5 Å². The van der Waals surface area contributed by atoms with Gasteiger partial charge < -0.3 is 20.5 Å². The summed E-state index contributed by atoms with van der Waals surface area (Å²) in [6, 6.07) is 12.6. The van der Waals surface area contributed by atoms with E-state index in [4.69, 9.17) is 15.2 Å². The van der Waals surface area contributed by atoms with Gasteiger partial charge in [0.05, 0.1) is 0 Å². The molecule has 0 unspecified atom stereocenters. The number of rotatable bonds is 3. The molecular formula is C17H16N2O3. The molecule has 3 N–H and O–H groups in total. The number of anilines is 2. The highest BCUT2D eigenvalue weighted by Gasteiger charge is 2.12. The molecule has 2 aromatic rings. The fourth-order valence-electron chi connectivity index (χ4n) is 2.14. The first-order chi connectivity index (χ1) is 10.7. The first-order valence-electron chi connectivity index (χ1n) is 6.95. The highest BCUT2D eigenvalue weighted by atomic mass is 16.6. The number of carbonyl (C=O) groups is 1. The van der Waals surface area contributed by atoms with Crippen molar-refractivity contribution in [2.75, 3.05) is 24.3 Å². The number of ether oxygens (including phenoxy) is 2. The van der Waals surface area contributed by atoms with Crippen LogP contribution < -0.4 is 20.5 Å². The predicted molar refractivity (Wildman–Crippen MR) is 86.0 cm³/mol. The van der Waals surface area contributed by atoms with Crippen LogP contribution in [0.3, 0.4) is 0 Å². The third-order valence-corrected chi connectivity index (χ3v) is 3.15. The summed E-state index contributed by atoms with van der Waals surface area (Å²) >= 11 is 0. The van der Waals surface area contributed by atoms with Crippen molar-refractivity contribution in [2.45, 2.75) is 0 Å². The molecule has 0 aromatic heterocycles.